The van der Waals surface area contributed by atoms with Crippen molar-refractivity contribution in [3.8, 4) is 0 Å². The van der Waals surface area contributed by atoms with E-state index < -0.39 is 15.7 Å². The highest BCUT2D eigenvalue weighted by atomic mass is 32.2. The number of rotatable bonds is 5. The number of hydrogen-bond donors (Lipinski definition) is 0. The lowest BCUT2D eigenvalue weighted by molar-refractivity contribution is -0.113. The van der Waals surface area contributed by atoms with Crippen LogP contribution < -0.4 is 0 Å². The fourth-order valence-electron chi connectivity index (χ4n) is 1.92. The molecule has 0 aromatic heterocycles. The van der Waals surface area contributed by atoms with Crippen molar-refractivity contribution in [2.75, 3.05) is 5.75 Å². The van der Waals surface area contributed by atoms with Gasteiger partial charge >= 0.3 is 0 Å². The highest BCUT2D eigenvalue weighted by molar-refractivity contribution is 7.91. The molecule has 0 fully saturated rings. The third-order valence-corrected chi connectivity index (χ3v) is 4.79. The molecule has 0 spiro atoms. The standard InChI is InChI=1S/C17H15FO3S/c1-13(19)15(11-14-7-9-16(18)10-8-14)12-22(20,21)17-5-3-2-4-6-17/h2-11H,12H2,1H3/b15-11+. The predicted octanol–water partition coefficient (Wildman–Crippen LogP) is 3.27. The van der Waals surface area contributed by atoms with Crippen LogP contribution in [-0.2, 0) is 14.6 Å². The van der Waals surface area contributed by atoms with Gasteiger partial charge in [-0.25, -0.2) is 12.8 Å². The zero-order valence-corrected chi connectivity index (χ0v) is 12.8. The molecule has 22 heavy (non-hydrogen) atoms. The van der Waals surface area contributed by atoms with Crippen LogP contribution in [0.15, 0.2) is 65.1 Å². The number of sulfone groups is 1. The molecule has 0 heterocycles. The molecule has 0 atom stereocenters. The van der Waals surface area contributed by atoms with Crippen molar-refractivity contribution in [3.05, 3.63) is 71.6 Å². The number of Topliss-reactive ketones (excluding diaryl/α,β-unsaturated/α-hetero) is 1. The normalized spacial score (nSPS) is 12.2. The highest BCUT2D eigenvalue weighted by Gasteiger charge is 2.18. The van der Waals surface area contributed by atoms with E-state index >= 15 is 0 Å². The number of halogens is 1. The average molecular weight is 318 g/mol. The summed E-state index contributed by atoms with van der Waals surface area (Å²) >= 11 is 0. The van der Waals surface area contributed by atoms with Crippen LogP contribution in [0.4, 0.5) is 4.39 Å². The fraction of sp³-hybridized carbons (Fsp3) is 0.118. The van der Waals surface area contributed by atoms with Gasteiger partial charge in [-0.3, -0.25) is 4.79 Å². The Balaban J connectivity index is 2.34. The molecule has 2 aromatic rings. The molecular formula is C17H15FO3S. The smallest absolute Gasteiger partial charge is 0.182 e. The topological polar surface area (TPSA) is 51.2 Å². The summed E-state index contributed by atoms with van der Waals surface area (Å²) in [7, 11) is -3.60. The van der Waals surface area contributed by atoms with Crippen LogP contribution in [0.2, 0.25) is 0 Å². The summed E-state index contributed by atoms with van der Waals surface area (Å²) < 4.78 is 37.6. The van der Waals surface area contributed by atoms with E-state index in [0.29, 0.717) is 5.56 Å². The molecule has 2 aromatic carbocycles. The molecule has 0 aliphatic rings. The largest absolute Gasteiger partial charge is 0.295 e. The SMILES string of the molecule is CC(=O)/C(=C/c1ccc(F)cc1)CS(=O)(=O)c1ccccc1. The Morgan fingerprint density at radius 1 is 1.05 bits per heavy atom. The van der Waals surface area contributed by atoms with E-state index in [1.54, 1.807) is 18.2 Å². The number of carbonyl (C=O) groups is 1. The van der Waals surface area contributed by atoms with E-state index in [0.717, 1.165) is 0 Å². The predicted molar refractivity (Wildman–Crippen MR) is 83.6 cm³/mol. The molecule has 0 bridgehead atoms. The van der Waals surface area contributed by atoms with Gasteiger partial charge in [-0.15, -0.1) is 0 Å². The van der Waals surface area contributed by atoms with Crippen molar-refractivity contribution >= 4 is 21.7 Å². The van der Waals surface area contributed by atoms with E-state index in [9.17, 15) is 17.6 Å². The van der Waals surface area contributed by atoms with Gasteiger partial charge in [-0.1, -0.05) is 30.3 Å². The van der Waals surface area contributed by atoms with Gasteiger partial charge < -0.3 is 0 Å². The number of ketones is 1. The maximum absolute atomic E-state index is 12.9. The molecule has 0 aliphatic carbocycles. The van der Waals surface area contributed by atoms with Crippen molar-refractivity contribution in [1.82, 2.24) is 0 Å². The minimum atomic E-state index is -3.60. The van der Waals surface area contributed by atoms with Crippen LogP contribution in [0.1, 0.15) is 12.5 Å². The third kappa shape index (κ3) is 4.11. The Morgan fingerprint density at radius 3 is 2.18 bits per heavy atom. The quantitative estimate of drug-likeness (QED) is 0.795. The van der Waals surface area contributed by atoms with E-state index in [1.807, 2.05) is 0 Å². The molecule has 0 saturated carbocycles. The summed E-state index contributed by atoms with van der Waals surface area (Å²) in [4.78, 5) is 11.9. The first-order valence-corrected chi connectivity index (χ1v) is 8.28. The van der Waals surface area contributed by atoms with E-state index in [-0.39, 0.29) is 22.0 Å². The molecule has 3 nitrogen and oxygen atoms in total. The van der Waals surface area contributed by atoms with Crippen LogP contribution in [0, 0.1) is 5.82 Å². The maximum atomic E-state index is 12.9. The molecule has 0 aliphatic heterocycles. The summed E-state index contributed by atoms with van der Waals surface area (Å²) in [6.07, 6.45) is 1.47. The zero-order valence-electron chi connectivity index (χ0n) is 12.0. The molecule has 0 unspecified atom stereocenters. The summed E-state index contributed by atoms with van der Waals surface area (Å²) in [5, 5.41) is 0. The van der Waals surface area contributed by atoms with E-state index in [4.69, 9.17) is 0 Å². The minimum absolute atomic E-state index is 0.162. The number of carbonyl (C=O) groups excluding carboxylic acids is 1. The van der Waals surface area contributed by atoms with Gasteiger partial charge in [0.25, 0.3) is 0 Å². The van der Waals surface area contributed by atoms with Crippen molar-refractivity contribution in [2.24, 2.45) is 0 Å². The van der Waals surface area contributed by atoms with Crippen LogP contribution in [-0.4, -0.2) is 20.0 Å². The van der Waals surface area contributed by atoms with Crippen LogP contribution in [0.3, 0.4) is 0 Å². The van der Waals surface area contributed by atoms with Crippen molar-refractivity contribution in [1.29, 1.82) is 0 Å². The van der Waals surface area contributed by atoms with Crippen LogP contribution in [0.5, 0.6) is 0 Å². The van der Waals surface area contributed by atoms with E-state index in [2.05, 4.69) is 0 Å². The fourth-order valence-corrected chi connectivity index (χ4v) is 3.36. The summed E-state index contributed by atoms with van der Waals surface area (Å²) in [5.41, 5.74) is 0.741. The lowest BCUT2D eigenvalue weighted by Crippen LogP contribution is -2.13. The first kappa shape index (κ1) is 16.1. The second-order valence-corrected chi connectivity index (χ2v) is 6.84. The second kappa shape index (κ2) is 6.66. The maximum Gasteiger partial charge on any atom is 0.182 e. The molecule has 5 heteroatoms. The lowest BCUT2D eigenvalue weighted by Gasteiger charge is -2.06. The molecule has 114 valence electrons. The van der Waals surface area contributed by atoms with Gasteiger partial charge in [-0.2, -0.15) is 0 Å². The minimum Gasteiger partial charge on any atom is -0.295 e. The van der Waals surface area contributed by atoms with Gasteiger partial charge in [0.2, 0.25) is 0 Å². The van der Waals surface area contributed by atoms with Crippen molar-refractivity contribution in [3.63, 3.8) is 0 Å². The zero-order chi connectivity index (χ0) is 16.2. The molecule has 0 radical (unpaired) electrons. The van der Waals surface area contributed by atoms with Gasteiger partial charge in [0.1, 0.15) is 5.82 Å². The summed E-state index contributed by atoms with van der Waals surface area (Å²) in [6.45, 7) is 1.32. The van der Waals surface area contributed by atoms with Gasteiger partial charge in [0.15, 0.2) is 15.6 Å². The second-order valence-electron chi connectivity index (χ2n) is 4.85. The molecular weight excluding hydrogens is 303 g/mol. The van der Waals surface area contributed by atoms with Gasteiger partial charge in [-0.05, 0) is 42.8 Å². The Hall–Kier alpha value is -2.27. The van der Waals surface area contributed by atoms with Gasteiger partial charge in [0.05, 0.1) is 10.6 Å². The van der Waals surface area contributed by atoms with Crippen molar-refractivity contribution < 1.29 is 17.6 Å². The Bertz CT molecular complexity index is 792. The molecule has 0 N–H and O–H groups in total. The first-order valence-electron chi connectivity index (χ1n) is 6.63. The number of hydrogen-bond acceptors (Lipinski definition) is 3. The number of benzene rings is 2. The Morgan fingerprint density at radius 2 is 1.64 bits per heavy atom. The summed E-state index contributed by atoms with van der Waals surface area (Å²) in [6, 6.07) is 13.5. The third-order valence-electron chi connectivity index (χ3n) is 3.11. The monoisotopic (exact) mass is 318 g/mol. The van der Waals surface area contributed by atoms with Crippen LogP contribution in [0.25, 0.3) is 6.08 Å². The summed E-state index contributed by atoms with van der Waals surface area (Å²) in [5.74, 6) is -1.11. The first-order chi connectivity index (χ1) is 10.4. The lowest BCUT2D eigenvalue weighted by atomic mass is 10.1. The molecule has 0 saturated heterocycles. The molecule has 2 rings (SSSR count). The van der Waals surface area contributed by atoms with E-state index in [1.165, 1.54) is 49.4 Å². The highest BCUT2D eigenvalue weighted by Crippen LogP contribution is 2.16. The molecule has 0 amide bonds. The average Bonchev–Trinajstić information content (AvgIpc) is 2.49. The van der Waals surface area contributed by atoms with Gasteiger partial charge in [0, 0.05) is 5.57 Å². The Kier molecular flexibility index (Phi) is 4.88. The van der Waals surface area contributed by atoms with Crippen LogP contribution >= 0.6 is 0 Å². The van der Waals surface area contributed by atoms with Crippen molar-refractivity contribution in [2.45, 2.75) is 11.8 Å². The Labute approximate surface area is 129 Å².